The number of nitrogens with zero attached hydrogens (tertiary/aromatic N) is 4. The van der Waals surface area contributed by atoms with Crippen LogP contribution in [0.4, 0.5) is 15.1 Å². The van der Waals surface area contributed by atoms with E-state index in [9.17, 15) is 14.0 Å². The summed E-state index contributed by atoms with van der Waals surface area (Å²) in [4.78, 5) is 39.0. The van der Waals surface area contributed by atoms with Crippen molar-refractivity contribution in [3.63, 3.8) is 0 Å². The van der Waals surface area contributed by atoms with Crippen molar-refractivity contribution in [3.8, 4) is 11.3 Å². The highest BCUT2D eigenvalue weighted by molar-refractivity contribution is 8.18. The van der Waals surface area contributed by atoms with Crippen LogP contribution in [0.3, 0.4) is 0 Å². The van der Waals surface area contributed by atoms with E-state index in [1.54, 1.807) is 35.7 Å². The number of hydrogen-bond donors (Lipinski definition) is 2. The Bertz CT molecular complexity index is 1260. The Kier molecular flexibility index (Phi) is 7.16. The number of hydrogen-bond acceptors (Lipinski definition) is 9. The van der Waals surface area contributed by atoms with Crippen LogP contribution in [-0.2, 0) is 11.3 Å². The van der Waals surface area contributed by atoms with E-state index in [4.69, 9.17) is 0 Å². The number of carbonyl (C=O) groups is 2. The molecule has 0 saturated carbocycles. The predicted molar refractivity (Wildman–Crippen MR) is 135 cm³/mol. The Balaban J connectivity index is 1.13. The smallest absolute Gasteiger partial charge is 0.290 e. The fourth-order valence-electron chi connectivity index (χ4n) is 4.06. The fourth-order valence-corrected chi connectivity index (χ4v) is 5.38. The molecular formula is C24H23FN6O2S2. The van der Waals surface area contributed by atoms with Crippen molar-refractivity contribution in [3.05, 3.63) is 63.3 Å². The van der Waals surface area contributed by atoms with E-state index < -0.39 is 5.91 Å². The molecule has 0 radical (unpaired) electrons. The van der Waals surface area contributed by atoms with Crippen LogP contribution < -0.4 is 15.5 Å². The van der Waals surface area contributed by atoms with E-state index in [1.807, 2.05) is 16.8 Å². The number of pyridine rings is 1. The lowest BCUT2D eigenvalue weighted by Crippen LogP contribution is -2.38. The van der Waals surface area contributed by atoms with Crippen molar-refractivity contribution >= 4 is 46.3 Å². The van der Waals surface area contributed by atoms with Crippen LogP contribution in [0, 0.1) is 11.7 Å². The normalized spacial score (nSPS) is 17.9. The Morgan fingerprint density at radius 1 is 1.17 bits per heavy atom. The number of nitrogens with one attached hydrogen (secondary N) is 2. The molecule has 5 rings (SSSR count). The molecule has 0 bridgehead atoms. The number of halogens is 1. The van der Waals surface area contributed by atoms with Gasteiger partial charge >= 0.3 is 0 Å². The number of anilines is 1. The molecule has 5 heterocycles. The highest BCUT2D eigenvalue weighted by Crippen LogP contribution is 2.26. The van der Waals surface area contributed by atoms with Gasteiger partial charge in [0.15, 0.2) is 0 Å². The van der Waals surface area contributed by atoms with Gasteiger partial charge in [-0.15, -0.1) is 0 Å². The molecule has 3 aromatic rings. The summed E-state index contributed by atoms with van der Waals surface area (Å²) in [6.07, 6.45) is 5.18. The molecule has 3 aromatic heterocycles. The molecule has 35 heavy (non-hydrogen) atoms. The number of piperidine rings is 1. The van der Waals surface area contributed by atoms with Gasteiger partial charge in [0.2, 0.25) is 5.95 Å². The third-order valence-electron chi connectivity index (χ3n) is 5.94. The second kappa shape index (κ2) is 10.6. The van der Waals surface area contributed by atoms with Crippen molar-refractivity contribution in [2.45, 2.75) is 19.4 Å². The Morgan fingerprint density at radius 2 is 2.03 bits per heavy atom. The molecule has 2 aliphatic heterocycles. The van der Waals surface area contributed by atoms with Crippen LogP contribution in [-0.4, -0.2) is 45.7 Å². The maximum atomic E-state index is 14.3. The van der Waals surface area contributed by atoms with Crippen LogP contribution in [0.25, 0.3) is 17.3 Å². The zero-order chi connectivity index (χ0) is 24.2. The lowest BCUT2D eigenvalue weighted by Gasteiger charge is -2.32. The summed E-state index contributed by atoms with van der Waals surface area (Å²) in [6.45, 7) is 2.78. The van der Waals surface area contributed by atoms with Gasteiger partial charge < -0.3 is 10.2 Å². The number of aromatic nitrogens is 3. The first kappa shape index (κ1) is 23.6. The van der Waals surface area contributed by atoms with Gasteiger partial charge in [0.05, 0.1) is 22.0 Å². The molecule has 0 unspecified atom stereocenters. The second-order valence-electron chi connectivity index (χ2n) is 8.33. The standard InChI is InChI=1S/C24H23FN6O2S2/c25-18-1-2-19(16-6-10-34-14-16)29-20(18)13-26-12-15-4-8-31(9-5-15)23-27-7-3-17(28-23)11-21-22(32)30-24(33)35-21/h1-3,6-7,10-11,14-15,26H,4-5,8-9,12-13H2,(H,30,32,33). The van der Waals surface area contributed by atoms with E-state index in [-0.39, 0.29) is 11.1 Å². The van der Waals surface area contributed by atoms with E-state index in [2.05, 4.69) is 30.5 Å². The highest BCUT2D eigenvalue weighted by atomic mass is 32.2. The zero-order valence-corrected chi connectivity index (χ0v) is 20.4. The van der Waals surface area contributed by atoms with Gasteiger partial charge in [0, 0.05) is 36.8 Å². The van der Waals surface area contributed by atoms with E-state index >= 15 is 0 Å². The van der Waals surface area contributed by atoms with Crippen LogP contribution >= 0.6 is 23.1 Å². The molecule has 2 aliphatic rings. The predicted octanol–water partition coefficient (Wildman–Crippen LogP) is 4.07. The Hall–Kier alpha value is -3.15. The van der Waals surface area contributed by atoms with Gasteiger partial charge in [-0.05, 0) is 72.8 Å². The largest absolute Gasteiger partial charge is 0.341 e. The molecular weight excluding hydrogens is 487 g/mol. The van der Waals surface area contributed by atoms with Gasteiger partial charge in [-0.25, -0.2) is 19.3 Å². The van der Waals surface area contributed by atoms with Crippen molar-refractivity contribution in [1.82, 2.24) is 25.6 Å². The van der Waals surface area contributed by atoms with Crippen molar-refractivity contribution in [1.29, 1.82) is 0 Å². The summed E-state index contributed by atoms with van der Waals surface area (Å²) in [5, 5.41) is 9.23. The van der Waals surface area contributed by atoms with Crippen LogP contribution in [0.5, 0.6) is 0 Å². The van der Waals surface area contributed by atoms with Crippen LogP contribution in [0.2, 0.25) is 0 Å². The summed E-state index contributed by atoms with van der Waals surface area (Å²) < 4.78 is 14.3. The van der Waals surface area contributed by atoms with Gasteiger partial charge in [-0.1, -0.05) is 0 Å². The van der Waals surface area contributed by atoms with Crippen molar-refractivity contribution < 1.29 is 14.0 Å². The molecule has 0 spiro atoms. The quantitative estimate of drug-likeness (QED) is 0.459. The molecule has 2 N–H and O–H groups in total. The number of rotatable bonds is 7. The number of imide groups is 1. The molecule has 0 atom stereocenters. The molecule has 180 valence electrons. The Morgan fingerprint density at radius 3 is 2.77 bits per heavy atom. The second-order valence-corrected chi connectivity index (χ2v) is 10.1. The van der Waals surface area contributed by atoms with Crippen molar-refractivity contribution in [2.24, 2.45) is 5.92 Å². The first-order chi connectivity index (χ1) is 17.0. The summed E-state index contributed by atoms with van der Waals surface area (Å²) in [5.41, 5.74) is 2.81. The minimum Gasteiger partial charge on any atom is -0.341 e. The van der Waals surface area contributed by atoms with Gasteiger partial charge in [0.25, 0.3) is 11.1 Å². The van der Waals surface area contributed by atoms with Crippen LogP contribution in [0.15, 0.2) is 46.1 Å². The van der Waals surface area contributed by atoms with E-state index in [0.29, 0.717) is 34.7 Å². The minimum atomic E-state index is -0.401. The maximum absolute atomic E-state index is 14.3. The fraction of sp³-hybridized carbons (Fsp3) is 0.292. The number of thiophene rings is 1. The molecule has 2 amide bonds. The molecule has 0 aromatic carbocycles. The molecule has 0 aliphatic carbocycles. The van der Waals surface area contributed by atoms with E-state index in [1.165, 1.54) is 6.07 Å². The number of carbonyl (C=O) groups excluding carboxylic acids is 2. The van der Waals surface area contributed by atoms with Gasteiger partial charge in [-0.3, -0.25) is 14.9 Å². The van der Waals surface area contributed by atoms with Gasteiger partial charge in [-0.2, -0.15) is 11.3 Å². The summed E-state index contributed by atoms with van der Waals surface area (Å²) in [5.74, 6) is 0.374. The third kappa shape index (κ3) is 5.75. The van der Waals surface area contributed by atoms with E-state index in [0.717, 1.165) is 55.5 Å². The lowest BCUT2D eigenvalue weighted by molar-refractivity contribution is -0.115. The summed E-state index contributed by atoms with van der Waals surface area (Å²) in [6, 6.07) is 6.89. The summed E-state index contributed by atoms with van der Waals surface area (Å²) in [7, 11) is 0. The number of amides is 2. The lowest BCUT2D eigenvalue weighted by atomic mass is 9.97. The zero-order valence-electron chi connectivity index (χ0n) is 18.7. The topological polar surface area (TPSA) is 100 Å². The van der Waals surface area contributed by atoms with Crippen molar-refractivity contribution in [2.75, 3.05) is 24.5 Å². The SMILES string of the molecule is O=C1NC(=O)C(=Cc2ccnc(N3CCC(CNCc4nc(-c5ccsc5)ccc4F)CC3)n2)S1. The van der Waals surface area contributed by atoms with Crippen LogP contribution in [0.1, 0.15) is 24.2 Å². The first-order valence-electron chi connectivity index (χ1n) is 11.3. The first-order valence-corrected chi connectivity index (χ1v) is 13.0. The summed E-state index contributed by atoms with van der Waals surface area (Å²) >= 11 is 2.46. The monoisotopic (exact) mass is 510 g/mol. The Labute approximate surface area is 210 Å². The maximum Gasteiger partial charge on any atom is 0.290 e. The third-order valence-corrected chi connectivity index (χ3v) is 7.44. The average molecular weight is 511 g/mol. The minimum absolute atomic E-state index is 0.295. The number of thioether (sulfide) groups is 1. The molecule has 2 saturated heterocycles. The average Bonchev–Trinajstić information content (AvgIpc) is 3.51. The molecule has 11 heteroatoms. The molecule has 2 fully saturated rings. The molecule has 8 nitrogen and oxygen atoms in total. The van der Waals surface area contributed by atoms with Gasteiger partial charge in [0.1, 0.15) is 5.82 Å². The highest BCUT2D eigenvalue weighted by Gasteiger charge is 2.26.